The lowest BCUT2D eigenvalue weighted by Gasteiger charge is -2.19. The van der Waals surface area contributed by atoms with Crippen LogP contribution in [0.2, 0.25) is 12.6 Å². The Bertz CT molecular complexity index is 144. The lowest BCUT2D eigenvalue weighted by atomic mass is 9.38. The fourth-order valence-corrected chi connectivity index (χ4v) is 3.18. The lowest BCUT2D eigenvalue weighted by Crippen LogP contribution is -2.38. The molecule has 0 aromatic carbocycles. The maximum Gasteiger partial charge on any atom is 0.160 e. The molecule has 2 rings (SSSR count). The fourth-order valence-electron chi connectivity index (χ4n) is 3.18. The molecule has 0 amide bonds. The predicted molar refractivity (Wildman–Crippen MR) is 64.1 cm³/mol. The Balaban J connectivity index is 1.80. The topological polar surface area (TPSA) is 12.0 Å². The van der Waals surface area contributed by atoms with Crippen LogP contribution in [0.4, 0.5) is 0 Å². The molecule has 2 saturated heterocycles. The quantitative estimate of drug-likeness (QED) is 0.631. The van der Waals surface area contributed by atoms with Gasteiger partial charge in [0.15, 0.2) is 6.71 Å². The van der Waals surface area contributed by atoms with Gasteiger partial charge in [-0.1, -0.05) is 51.2 Å². The van der Waals surface area contributed by atoms with E-state index < -0.39 is 0 Å². The standard InChI is InChI=1S/C12H24BN/c1-2-4-6-10-13(9-5-3-1)12-8-7-11-14-12/h12,14H,1-11H2. The molecule has 0 radical (unpaired) electrons. The van der Waals surface area contributed by atoms with Gasteiger partial charge in [0.1, 0.15) is 0 Å². The van der Waals surface area contributed by atoms with Gasteiger partial charge in [0.25, 0.3) is 0 Å². The van der Waals surface area contributed by atoms with Crippen molar-refractivity contribution in [2.24, 2.45) is 0 Å². The number of hydrogen-bond donors (Lipinski definition) is 1. The molecule has 0 saturated carbocycles. The van der Waals surface area contributed by atoms with E-state index in [9.17, 15) is 0 Å². The molecular formula is C12H24BN. The third kappa shape index (κ3) is 3.01. The summed E-state index contributed by atoms with van der Waals surface area (Å²) in [4.78, 5) is 0. The van der Waals surface area contributed by atoms with Crippen LogP contribution in [-0.4, -0.2) is 19.2 Å². The van der Waals surface area contributed by atoms with Crippen molar-refractivity contribution in [2.75, 3.05) is 6.54 Å². The molecule has 1 nitrogen and oxygen atoms in total. The monoisotopic (exact) mass is 193 g/mol. The van der Waals surface area contributed by atoms with Gasteiger partial charge in [-0.05, 0) is 25.3 Å². The highest BCUT2D eigenvalue weighted by Gasteiger charge is 2.26. The van der Waals surface area contributed by atoms with Gasteiger partial charge in [-0.3, -0.25) is 0 Å². The van der Waals surface area contributed by atoms with Crippen molar-refractivity contribution in [2.45, 2.75) is 69.9 Å². The van der Waals surface area contributed by atoms with Gasteiger partial charge in [0, 0.05) is 0 Å². The third-order valence-corrected chi connectivity index (χ3v) is 4.07. The van der Waals surface area contributed by atoms with Crippen LogP contribution >= 0.6 is 0 Å². The summed E-state index contributed by atoms with van der Waals surface area (Å²) in [7, 11) is 0. The predicted octanol–water partition coefficient (Wildman–Crippen LogP) is 3.13. The van der Waals surface area contributed by atoms with Gasteiger partial charge < -0.3 is 5.32 Å². The fraction of sp³-hybridized carbons (Fsp3) is 1.00. The first-order valence-electron chi connectivity index (χ1n) is 6.70. The molecule has 2 aliphatic rings. The molecule has 2 heteroatoms. The van der Waals surface area contributed by atoms with Gasteiger partial charge in [0.2, 0.25) is 0 Å². The largest absolute Gasteiger partial charge is 0.321 e. The van der Waals surface area contributed by atoms with E-state index in [0.717, 1.165) is 12.7 Å². The summed E-state index contributed by atoms with van der Waals surface area (Å²) < 4.78 is 0. The second-order valence-corrected chi connectivity index (χ2v) is 5.16. The van der Waals surface area contributed by atoms with Crippen LogP contribution in [0.1, 0.15) is 51.4 Å². The average molecular weight is 193 g/mol. The molecule has 0 aromatic rings. The van der Waals surface area contributed by atoms with Crippen LogP contribution in [0, 0.1) is 0 Å². The van der Waals surface area contributed by atoms with Crippen molar-refractivity contribution in [1.29, 1.82) is 0 Å². The highest BCUT2D eigenvalue weighted by atomic mass is 14.9. The molecule has 0 bridgehead atoms. The zero-order valence-corrected chi connectivity index (χ0v) is 9.43. The molecule has 0 aromatic heterocycles. The second kappa shape index (κ2) is 5.80. The zero-order valence-electron chi connectivity index (χ0n) is 9.43. The van der Waals surface area contributed by atoms with Crippen LogP contribution in [-0.2, 0) is 0 Å². The van der Waals surface area contributed by atoms with E-state index in [1.165, 1.54) is 70.6 Å². The molecule has 1 N–H and O–H groups in total. The summed E-state index contributed by atoms with van der Waals surface area (Å²) in [5.74, 6) is 0.882. The van der Waals surface area contributed by atoms with E-state index >= 15 is 0 Å². The Labute approximate surface area is 89.1 Å². The SMILES string of the molecule is C1CCCCB(C2CCCN2)CCC1. The van der Waals surface area contributed by atoms with Gasteiger partial charge in [-0.25, -0.2) is 0 Å². The first-order valence-corrected chi connectivity index (χ1v) is 6.70. The van der Waals surface area contributed by atoms with Crippen LogP contribution in [0.15, 0.2) is 0 Å². The average Bonchev–Trinajstić information content (AvgIpc) is 2.75. The Morgan fingerprint density at radius 3 is 2.00 bits per heavy atom. The Morgan fingerprint density at radius 1 is 0.786 bits per heavy atom. The molecule has 1 atom stereocenters. The van der Waals surface area contributed by atoms with Crippen molar-refractivity contribution in [3.8, 4) is 0 Å². The van der Waals surface area contributed by atoms with Crippen molar-refractivity contribution in [3.63, 3.8) is 0 Å². The first-order chi connectivity index (χ1) is 6.97. The third-order valence-electron chi connectivity index (χ3n) is 4.07. The van der Waals surface area contributed by atoms with Crippen molar-refractivity contribution in [3.05, 3.63) is 0 Å². The van der Waals surface area contributed by atoms with E-state index in [0.29, 0.717) is 0 Å². The van der Waals surface area contributed by atoms with Crippen LogP contribution < -0.4 is 5.32 Å². The Morgan fingerprint density at radius 2 is 1.43 bits per heavy atom. The smallest absolute Gasteiger partial charge is 0.160 e. The van der Waals surface area contributed by atoms with Gasteiger partial charge >= 0.3 is 0 Å². The number of rotatable bonds is 1. The minimum atomic E-state index is 0.882. The maximum atomic E-state index is 3.69. The number of hydrogen-bond acceptors (Lipinski definition) is 1. The van der Waals surface area contributed by atoms with Crippen molar-refractivity contribution < 1.29 is 0 Å². The van der Waals surface area contributed by atoms with Crippen LogP contribution in [0.5, 0.6) is 0 Å². The Hall–Kier alpha value is 0.0249. The van der Waals surface area contributed by atoms with E-state index in [4.69, 9.17) is 0 Å². The second-order valence-electron chi connectivity index (χ2n) is 5.16. The molecule has 14 heavy (non-hydrogen) atoms. The highest BCUT2D eigenvalue weighted by Crippen LogP contribution is 2.22. The lowest BCUT2D eigenvalue weighted by molar-refractivity contribution is 0.633. The van der Waals surface area contributed by atoms with Crippen molar-refractivity contribution >= 4 is 6.71 Å². The Kier molecular flexibility index (Phi) is 4.36. The summed E-state index contributed by atoms with van der Waals surface area (Å²) in [5, 5.41) is 3.69. The van der Waals surface area contributed by atoms with Gasteiger partial charge in [0.05, 0.1) is 0 Å². The summed E-state index contributed by atoms with van der Waals surface area (Å²) in [6, 6.07) is 0. The molecule has 2 heterocycles. The highest BCUT2D eigenvalue weighted by molar-refractivity contribution is 6.60. The van der Waals surface area contributed by atoms with E-state index in [-0.39, 0.29) is 0 Å². The minimum Gasteiger partial charge on any atom is -0.321 e. The molecule has 0 spiro atoms. The van der Waals surface area contributed by atoms with E-state index in [1.807, 2.05) is 0 Å². The summed E-state index contributed by atoms with van der Waals surface area (Å²) >= 11 is 0. The molecular weight excluding hydrogens is 169 g/mol. The van der Waals surface area contributed by atoms with E-state index in [2.05, 4.69) is 5.32 Å². The molecule has 1 unspecified atom stereocenters. The van der Waals surface area contributed by atoms with Gasteiger partial charge in [-0.2, -0.15) is 0 Å². The molecule has 2 aliphatic heterocycles. The van der Waals surface area contributed by atoms with Crippen LogP contribution in [0.3, 0.4) is 0 Å². The molecule has 0 aliphatic carbocycles. The maximum absolute atomic E-state index is 3.69. The van der Waals surface area contributed by atoms with E-state index in [1.54, 1.807) is 0 Å². The normalized spacial score (nSPS) is 30.9. The summed E-state index contributed by atoms with van der Waals surface area (Å²) in [5.41, 5.74) is 0. The zero-order chi connectivity index (χ0) is 9.64. The summed E-state index contributed by atoms with van der Waals surface area (Å²) in [6.07, 6.45) is 14.8. The molecule has 80 valence electrons. The van der Waals surface area contributed by atoms with Gasteiger partial charge in [-0.15, -0.1) is 0 Å². The first kappa shape index (κ1) is 10.5. The summed E-state index contributed by atoms with van der Waals surface area (Å²) in [6.45, 7) is 2.29. The number of nitrogens with one attached hydrogen (secondary N) is 1. The molecule has 2 fully saturated rings. The van der Waals surface area contributed by atoms with Crippen LogP contribution in [0.25, 0.3) is 0 Å². The van der Waals surface area contributed by atoms with Crippen molar-refractivity contribution in [1.82, 2.24) is 5.32 Å². The minimum absolute atomic E-state index is 0.882.